The van der Waals surface area contributed by atoms with Gasteiger partial charge >= 0.3 is 0 Å². The fraction of sp³-hybridized carbons (Fsp3) is 0.333. The number of halogens is 3. The lowest BCUT2D eigenvalue weighted by Gasteiger charge is -2.22. The van der Waals surface area contributed by atoms with E-state index in [0.717, 1.165) is 25.8 Å². The fourth-order valence-corrected chi connectivity index (χ4v) is 2.50. The Kier molecular flexibility index (Phi) is 7.48. The fourth-order valence-electron chi connectivity index (χ4n) is 2.50. The number of piperidine rings is 1. The molecular formula is C15H19Cl2FN4O. The van der Waals surface area contributed by atoms with Crippen LogP contribution in [0.4, 0.5) is 10.1 Å². The van der Waals surface area contributed by atoms with E-state index in [1.807, 2.05) is 0 Å². The molecule has 3 rings (SSSR count). The Morgan fingerprint density at radius 1 is 1.35 bits per heavy atom. The first kappa shape index (κ1) is 19.4. The molecule has 1 aliphatic rings. The van der Waals surface area contributed by atoms with Crippen LogP contribution in [0, 0.1) is 5.82 Å². The number of aromatic nitrogens is 2. The summed E-state index contributed by atoms with van der Waals surface area (Å²) in [5.74, 6) is -0.508. The van der Waals surface area contributed by atoms with Crippen LogP contribution in [-0.4, -0.2) is 28.0 Å². The number of nitrogens with zero attached hydrogens (tertiary/aromatic N) is 2. The molecule has 2 aromatic rings. The minimum atomic E-state index is -0.401. The first-order valence-corrected chi connectivity index (χ1v) is 7.06. The second-order valence-corrected chi connectivity index (χ2v) is 5.13. The van der Waals surface area contributed by atoms with Gasteiger partial charge in [-0.3, -0.25) is 4.79 Å². The molecule has 1 fully saturated rings. The van der Waals surface area contributed by atoms with Gasteiger partial charge in [0, 0.05) is 18.1 Å². The zero-order chi connectivity index (χ0) is 14.7. The number of imidazole rings is 1. The average molecular weight is 361 g/mol. The van der Waals surface area contributed by atoms with Gasteiger partial charge in [-0.2, -0.15) is 0 Å². The topological polar surface area (TPSA) is 59.0 Å². The van der Waals surface area contributed by atoms with Gasteiger partial charge < -0.3 is 15.2 Å². The van der Waals surface area contributed by atoms with Crippen LogP contribution in [0.5, 0.6) is 0 Å². The van der Waals surface area contributed by atoms with Crippen molar-refractivity contribution in [2.24, 2.45) is 0 Å². The van der Waals surface area contributed by atoms with Crippen molar-refractivity contribution in [3.63, 3.8) is 0 Å². The first-order valence-electron chi connectivity index (χ1n) is 7.06. The van der Waals surface area contributed by atoms with E-state index in [9.17, 15) is 9.18 Å². The third kappa shape index (κ3) is 4.67. The molecule has 1 saturated heterocycles. The van der Waals surface area contributed by atoms with E-state index in [1.165, 1.54) is 12.4 Å². The number of carbonyl (C=O) groups excluding carboxylic acids is 1. The summed E-state index contributed by atoms with van der Waals surface area (Å²) in [4.78, 5) is 16.0. The van der Waals surface area contributed by atoms with Gasteiger partial charge in [-0.1, -0.05) is 6.42 Å². The van der Waals surface area contributed by atoms with Crippen LogP contribution >= 0.6 is 24.8 Å². The van der Waals surface area contributed by atoms with E-state index in [4.69, 9.17) is 0 Å². The number of benzene rings is 1. The van der Waals surface area contributed by atoms with Crippen LogP contribution in [0.25, 0.3) is 5.69 Å². The van der Waals surface area contributed by atoms with Crippen molar-refractivity contribution >= 4 is 36.4 Å². The Bertz CT molecular complexity index is 630. The molecule has 2 heterocycles. The SMILES string of the molecule is Cl.Cl.O=C(Nc1ccc(-n2ccnc2)c(F)c1)[C@H]1CCCCN1. The lowest BCUT2D eigenvalue weighted by molar-refractivity contribution is -0.118. The van der Waals surface area contributed by atoms with Gasteiger partial charge in [0.1, 0.15) is 5.82 Å². The number of nitrogens with one attached hydrogen (secondary N) is 2. The second kappa shape index (κ2) is 8.86. The maximum atomic E-state index is 14.1. The normalized spacial score (nSPS) is 16.8. The van der Waals surface area contributed by atoms with E-state index in [2.05, 4.69) is 15.6 Å². The predicted octanol–water partition coefficient (Wildman–Crippen LogP) is 2.94. The summed E-state index contributed by atoms with van der Waals surface area (Å²) in [5.41, 5.74) is 0.870. The molecule has 0 aliphatic carbocycles. The summed E-state index contributed by atoms with van der Waals surface area (Å²) in [7, 11) is 0. The summed E-state index contributed by atoms with van der Waals surface area (Å²) >= 11 is 0. The molecule has 1 atom stereocenters. The van der Waals surface area contributed by atoms with Crippen molar-refractivity contribution in [1.29, 1.82) is 0 Å². The van der Waals surface area contributed by atoms with Crippen LogP contribution in [0.2, 0.25) is 0 Å². The lowest BCUT2D eigenvalue weighted by atomic mass is 10.0. The van der Waals surface area contributed by atoms with E-state index in [1.54, 1.807) is 29.1 Å². The first-order chi connectivity index (χ1) is 10.2. The third-order valence-corrected chi connectivity index (χ3v) is 3.62. The van der Waals surface area contributed by atoms with Crippen LogP contribution in [0.15, 0.2) is 36.9 Å². The van der Waals surface area contributed by atoms with E-state index in [0.29, 0.717) is 11.4 Å². The molecule has 126 valence electrons. The number of carbonyl (C=O) groups is 1. The molecule has 8 heteroatoms. The van der Waals surface area contributed by atoms with E-state index < -0.39 is 5.82 Å². The molecular weight excluding hydrogens is 342 g/mol. The smallest absolute Gasteiger partial charge is 0.241 e. The molecule has 0 unspecified atom stereocenters. The van der Waals surface area contributed by atoms with Gasteiger partial charge in [0.15, 0.2) is 0 Å². The maximum absolute atomic E-state index is 14.1. The van der Waals surface area contributed by atoms with E-state index in [-0.39, 0.29) is 36.8 Å². The Morgan fingerprint density at radius 3 is 2.78 bits per heavy atom. The highest BCUT2D eigenvalue weighted by Gasteiger charge is 2.20. The van der Waals surface area contributed by atoms with E-state index >= 15 is 0 Å². The Hall–Kier alpha value is -1.63. The van der Waals surface area contributed by atoms with Gasteiger partial charge in [-0.15, -0.1) is 24.8 Å². The number of amides is 1. The molecule has 2 N–H and O–H groups in total. The Balaban J connectivity index is 0.00000132. The van der Waals surface area contributed by atoms with Crippen LogP contribution in [0.1, 0.15) is 19.3 Å². The molecule has 23 heavy (non-hydrogen) atoms. The molecule has 0 spiro atoms. The molecule has 0 radical (unpaired) electrons. The van der Waals surface area contributed by atoms with Crippen molar-refractivity contribution in [2.45, 2.75) is 25.3 Å². The van der Waals surface area contributed by atoms with Crippen LogP contribution in [0.3, 0.4) is 0 Å². The molecule has 1 aromatic heterocycles. The zero-order valence-corrected chi connectivity index (χ0v) is 14.0. The maximum Gasteiger partial charge on any atom is 0.241 e. The summed E-state index contributed by atoms with van der Waals surface area (Å²) < 4.78 is 15.7. The summed E-state index contributed by atoms with van der Waals surface area (Å²) in [6, 6.07) is 4.46. The highest BCUT2D eigenvalue weighted by molar-refractivity contribution is 5.95. The largest absolute Gasteiger partial charge is 0.325 e. The van der Waals surface area contributed by atoms with Gasteiger partial charge in [0.05, 0.1) is 18.1 Å². The molecule has 1 amide bonds. The Labute approximate surface area is 146 Å². The van der Waals surface area contributed by atoms with Crippen LogP contribution in [-0.2, 0) is 4.79 Å². The molecule has 1 aliphatic heterocycles. The van der Waals surface area contributed by atoms with Crippen molar-refractivity contribution in [1.82, 2.24) is 14.9 Å². The average Bonchev–Trinajstić information content (AvgIpc) is 3.02. The number of anilines is 1. The molecule has 0 saturated carbocycles. The summed E-state index contributed by atoms with van der Waals surface area (Å²) in [5, 5.41) is 5.93. The minimum absolute atomic E-state index is 0. The second-order valence-electron chi connectivity index (χ2n) is 5.13. The van der Waals surface area contributed by atoms with Crippen molar-refractivity contribution < 1.29 is 9.18 Å². The lowest BCUT2D eigenvalue weighted by Crippen LogP contribution is -2.43. The summed E-state index contributed by atoms with van der Waals surface area (Å²) in [6.07, 6.45) is 7.74. The predicted molar refractivity (Wildman–Crippen MR) is 92.3 cm³/mol. The van der Waals surface area contributed by atoms with Crippen LogP contribution < -0.4 is 10.6 Å². The minimum Gasteiger partial charge on any atom is -0.325 e. The third-order valence-electron chi connectivity index (χ3n) is 3.62. The number of hydrogen-bond acceptors (Lipinski definition) is 3. The van der Waals surface area contributed by atoms with Gasteiger partial charge in [0.2, 0.25) is 5.91 Å². The summed E-state index contributed by atoms with van der Waals surface area (Å²) in [6.45, 7) is 0.853. The molecule has 5 nitrogen and oxygen atoms in total. The van der Waals surface area contributed by atoms with Gasteiger partial charge in [-0.25, -0.2) is 9.37 Å². The van der Waals surface area contributed by atoms with Gasteiger partial charge in [0.25, 0.3) is 0 Å². The van der Waals surface area contributed by atoms with Crippen molar-refractivity contribution in [3.8, 4) is 5.69 Å². The molecule has 0 bridgehead atoms. The quantitative estimate of drug-likeness (QED) is 0.884. The van der Waals surface area contributed by atoms with Crippen molar-refractivity contribution in [3.05, 3.63) is 42.7 Å². The zero-order valence-electron chi connectivity index (χ0n) is 12.4. The highest BCUT2D eigenvalue weighted by Crippen LogP contribution is 2.19. The number of hydrogen-bond donors (Lipinski definition) is 2. The monoisotopic (exact) mass is 360 g/mol. The highest BCUT2D eigenvalue weighted by atomic mass is 35.5. The van der Waals surface area contributed by atoms with Gasteiger partial charge in [-0.05, 0) is 37.6 Å². The van der Waals surface area contributed by atoms with Crippen molar-refractivity contribution in [2.75, 3.05) is 11.9 Å². The Morgan fingerprint density at radius 2 is 2.17 bits per heavy atom. The number of rotatable bonds is 3. The standard InChI is InChI=1S/C15H17FN4O.2ClH/c16-12-9-11(4-5-14(12)20-8-7-17-10-20)19-15(21)13-3-1-2-6-18-13;;/h4-5,7-10,13,18H,1-3,6H2,(H,19,21);2*1H/t13-;;/m1../s1. The molecule has 1 aromatic carbocycles.